The van der Waals surface area contributed by atoms with Crippen molar-refractivity contribution >= 4 is 11.7 Å². The highest BCUT2D eigenvalue weighted by Crippen LogP contribution is 2.23. The van der Waals surface area contributed by atoms with Gasteiger partial charge in [-0.2, -0.15) is 13.2 Å². The SMILES string of the molecule is O=C(O)CCc1cccc(NCc2ccc(OCC(F)(F)F)c(F)c2)c1. The molecule has 0 atom stereocenters. The molecular weight excluding hydrogens is 354 g/mol. The van der Waals surface area contributed by atoms with Crippen LogP contribution in [0.3, 0.4) is 0 Å². The summed E-state index contributed by atoms with van der Waals surface area (Å²) < 4.78 is 54.5. The molecule has 2 aromatic rings. The third-order valence-corrected chi connectivity index (χ3v) is 3.44. The minimum absolute atomic E-state index is 0.0219. The molecule has 0 bridgehead atoms. The molecule has 2 rings (SSSR count). The van der Waals surface area contributed by atoms with Gasteiger partial charge in [-0.15, -0.1) is 0 Å². The number of carbonyl (C=O) groups is 1. The summed E-state index contributed by atoms with van der Waals surface area (Å²) >= 11 is 0. The first-order valence-electron chi connectivity index (χ1n) is 7.75. The molecule has 8 heteroatoms. The van der Waals surface area contributed by atoms with Crippen molar-refractivity contribution in [2.45, 2.75) is 25.6 Å². The van der Waals surface area contributed by atoms with Gasteiger partial charge in [-0.1, -0.05) is 18.2 Å². The van der Waals surface area contributed by atoms with Gasteiger partial charge in [-0.25, -0.2) is 4.39 Å². The Morgan fingerprint density at radius 3 is 2.54 bits per heavy atom. The Kier molecular flexibility index (Phi) is 6.43. The maximum Gasteiger partial charge on any atom is 0.422 e. The number of alkyl halides is 3. The number of carboxylic acids is 1. The van der Waals surface area contributed by atoms with Gasteiger partial charge in [0, 0.05) is 18.7 Å². The second kappa shape index (κ2) is 8.55. The van der Waals surface area contributed by atoms with Crippen LogP contribution in [0.2, 0.25) is 0 Å². The first-order valence-corrected chi connectivity index (χ1v) is 7.75. The number of hydrogen-bond donors (Lipinski definition) is 2. The zero-order chi connectivity index (χ0) is 19.2. The highest BCUT2D eigenvalue weighted by molar-refractivity contribution is 5.67. The molecule has 0 saturated carbocycles. The monoisotopic (exact) mass is 371 g/mol. The van der Waals surface area contributed by atoms with Gasteiger partial charge in [0.15, 0.2) is 18.2 Å². The highest BCUT2D eigenvalue weighted by Gasteiger charge is 2.28. The molecule has 2 N–H and O–H groups in total. The summed E-state index contributed by atoms with van der Waals surface area (Å²) in [5.74, 6) is -2.21. The summed E-state index contributed by atoms with van der Waals surface area (Å²) in [4.78, 5) is 10.6. The van der Waals surface area contributed by atoms with Crippen LogP contribution in [0, 0.1) is 5.82 Å². The topological polar surface area (TPSA) is 58.6 Å². The lowest BCUT2D eigenvalue weighted by Crippen LogP contribution is -2.19. The molecule has 0 fully saturated rings. The van der Waals surface area contributed by atoms with Crippen LogP contribution in [0.5, 0.6) is 5.75 Å². The molecule has 0 unspecified atom stereocenters. The van der Waals surface area contributed by atoms with Crippen molar-refractivity contribution in [1.29, 1.82) is 0 Å². The van der Waals surface area contributed by atoms with Gasteiger partial charge >= 0.3 is 12.1 Å². The molecular formula is C18H17F4NO3. The molecule has 0 aliphatic rings. The van der Waals surface area contributed by atoms with Crippen LogP contribution in [0.25, 0.3) is 0 Å². The summed E-state index contributed by atoms with van der Waals surface area (Å²) in [6.07, 6.45) is -4.11. The second-order valence-corrected chi connectivity index (χ2v) is 5.62. The minimum atomic E-state index is -4.53. The van der Waals surface area contributed by atoms with Crippen molar-refractivity contribution in [3.05, 3.63) is 59.4 Å². The van der Waals surface area contributed by atoms with E-state index in [2.05, 4.69) is 10.1 Å². The van der Waals surface area contributed by atoms with Crippen LogP contribution in [-0.2, 0) is 17.8 Å². The number of rotatable bonds is 8. The zero-order valence-electron chi connectivity index (χ0n) is 13.6. The lowest BCUT2D eigenvalue weighted by molar-refractivity contribution is -0.153. The summed E-state index contributed by atoms with van der Waals surface area (Å²) in [5, 5.41) is 11.8. The largest absolute Gasteiger partial charge is 0.481 e. The van der Waals surface area contributed by atoms with Gasteiger partial charge in [0.2, 0.25) is 0 Å². The first-order chi connectivity index (χ1) is 12.2. The smallest absolute Gasteiger partial charge is 0.422 e. The Labute approximate surface area is 147 Å². The average Bonchev–Trinajstić information content (AvgIpc) is 2.57. The lowest BCUT2D eigenvalue weighted by Gasteiger charge is -2.12. The van der Waals surface area contributed by atoms with Crippen LogP contribution >= 0.6 is 0 Å². The number of aliphatic carboxylic acids is 1. The van der Waals surface area contributed by atoms with Gasteiger partial charge in [0.05, 0.1) is 0 Å². The van der Waals surface area contributed by atoms with Crippen LogP contribution in [-0.4, -0.2) is 23.9 Å². The molecule has 0 aliphatic heterocycles. The minimum Gasteiger partial charge on any atom is -0.481 e. The number of hydrogen-bond acceptors (Lipinski definition) is 3. The van der Waals surface area contributed by atoms with Gasteiger partial charge < -0.3 is 15.2 Å². The van der Waals surface area contributed by atoms with Crippen LogP contribution < -0.4 is 10.1 Å². The normalized spacial score (nSPS) is 11.2. The first kappa shape index (κ1) is 19.6. The van der Waals surface area contributed by atoms with E-state index in [1.54, 1.807) is 24.3 Å². The van der Waals surface area contributed by atoms with E-state index >= 15 is 0 Å². The fourth-order valence-corrected chi connectivity index (χ4v) is 2.22. The van der Waals surface area contributed by atoms with Gasteiger partial charge in [-0.05, 0) is 41.8 Å². The molecule has 140 valence electrons. The number of halogens is 4. The maximum atomic E-state index is 13.8. The number of benzene rings is 2. The van der Waals surface area contributed by atoms with Crippen molar-refractivity contribution < 1.29 is 32.2 Å². The van der Waals surface area contributed by atoms with E-state index in [0.717, 1.165) is 23.4 Å². The quantitative estimate of drug-likeness (QED) is 0.676. The van der Waals surface area contributed by atoms with Gasteiger partial charge in [0.25, 0.3) is 0 Å². The third-order valence-electron chi connectivity index (χ3n) is 3.44. The Hall–Kier alpha value is -2.77. The molecule has 0 radical (unpaired) electrons. The molecule has 4 nitrogen and oxygen atoms in total. The highest BCUT2D eigenvalue weighted by atomic mass is 19.4. The molecule has 0 amide bonds. The summed E-state index contributed by atoms with van der Waals surface area (Å²) in [6.45, 7) is -1.30. The van der Waals surface area contributed by atoms with E-state index in [9.17, 15) is 22.4 Å². The lowest BCUT2D eigenvalue weighted by atomic mass is 10.1. The molecule has 0 aromatic heterocycles. The maximum absolute atomic E-state index is 13.8. The molecule has 26 heavy (non-hydrogen) atoms. The van der Waals surface area contributed by atoms with Gasteiger partial charge in [0.1, 0.15) is 0 Å². The predicted molar refractivity (Wildman–Crippen MR) is 87.7 cm³/mol. The van der Waals surface area contributed by atoms with E-state index in [0.29, 0.717) is 12.0 Å². The number of nitrogens with one attached hydrogen (secondary N) is 1. The van der Waals surface area contributed by atoms with E-state index in [1.807, 2.05) is 0 Å². The number of anilines is 1. The standard InChI is InChI=1S/C18H17F4NO3/c19-15-9-13(4-6-16(15)26-11-18(20,21)22)10-23-14-3-1-2-12(8-14)5-7-17(24)25/h1-4,6,8-9,23H,5,7,10-11H2,(H,24,25). The Morgan fingerprint density at radius 2 is 1.88 bits per heavy atom. The average molecular weight is 371 g/mol. The van der Waals surface area contributed by atoms with Crippen LogP contribution in [0.4, 0.5) is 23.2 Å². The Bertz CT molecular complexity index is 762. The fraction of sp³-hybridized carbons (Fsp3) is 0.278. The van der Waals surface area contributed by atoms with Crippen molar-refractivity contribution in [3.8, 4) is 5.75 Å². The number of ether oxygens (including phenoxy) is 1. The fourth-order valence-electron chi connectivity index (χ4n) is 2.22. The summed E-state index contributed by atoms with van der Waals surface area (Å²) in [7, 11) is 0. The zero-order valence-corrected chi connectivity index (χ0v) is 13.6. The molecule has 0 aliphatic carbocycles. The van der Waals surface area contributed by atoms with Crippen molar-refractivity contribution in [1.82, 2.24) is 0 Å². The predicted octanol–water partition coefficient (Wildman–Crippen LogP) is 4.40. The van der Waals surface area contributed by atoms with E-state index in [1.165, 1.54) is 6.07 Å². The third kappa shape index (κ3) is 6.62. The molecule has 0 saturated heterocycles. The molecule has 2 aromatic carbocycles. The van der Waals surface area contributed by atoms with E-state index < -0.39 is 30.3 Å². The second-order valence-electron chi connectivity index (χ2n) is 5.62. The van der Waals surface area contributed by atoms with Crippen molar-refractivity contribution in [2.75, 3.05) is 11.9 Å². The van der Waals surface area contributed by atoms with Crippen LogP contribution in [0.1, 0.15) is 17.5 Å². The number of aryl methyl sites for hydroxylation is 1. The summed E-state index contributed by atoms with van der Waals surface area (Å²) in [6, 6.07) is 10.9. The Balaban J connectivity index is 1.94. The van der Waals surface area contributed by atoms with Crippen molar-refractivity contribution in [2.24, 2.45) is 0 Å². The van der Waals surface area contributed by atoms with E-state index in [-0.39, 0.29) is 13.0 Å². The Morgan fingerprint density at radius 1 is 1.12 bits per heavy atom. The van der Waals surface area contributed by atoms with E-state index in [4.69, 9.17) is 5.11 Å². The molecule has 0 heterocycles. The van der Waals surface area contributed by atoms with Crippen molar-refractivity contribution in [3.63, 3.8) is 0 Å². The van der Waals surface area contributed by atoms with Gasteiger partial charge in [-0.3, -0.25) is 4.79 Å². The summed E-state index contributed by atoms with van der Waals surface area (Å²) in [5.41, 5.74) is 2.10. The number of carboxylic acid groups (broad SMARTS) is 1. The molecule has 0 spiro atoms. The van der Waals surface area contributed by atoms with Crippen LogP contribution in [0.15, 0.2) is 42.5 Å².